The molecular weight excluding hydrogens is 904 g/mol. The number of phenolic OH excluding ortho intramolecular Hbond substituents is 15. The second-order valence-electron chi connectivity index (χ2n) is 15.4. The number of Topliss-reactive ketones (excluding diaryl/α,β-unsaturated/α-hetero) is 1. The second kappa shape index (κ2) is 14.3. The Hall–Kier alpha value is -9.39. The fourth-order valence-electron chi connectivity index (χ4n) is 8.81. The lowest BCUT2D eigenvalue weighted by Gasteiger charge is -2.41. The van der Waals surface area contributed by atoms with Crippen LogP contribution in [-0.4, -0.2) is 136 Å². The Morgan fingerprint density at radius 3 is 1.45 bits per heavy atom. The molecule has 0 saturated carbocycles. The number of fused-ring (bicyclic) bond motifs is 8. The quantitative estimate of drug-likeness (QED) is 0.0599. The number of carbonyl (C=O) groups is 5. The van der Waals surface area contributed by atoms with Gasteiger partial charge < -0.3 is 101 Å². The molecule has 4 unspecified atom stereocenters. The number of rotatable bonds is 0. The van der Waals surface area contributed by atoms with Crippen molar-refractivity contribution in [2.75, 3.05) is 6.61 Å². The van der Waals surface area contributed by atoms with Crippen LogP contribution in [0.1, 0.15) is 69.9 Å². The predicted octanol–water partition coefficient (Wildman–Crippen LogP) is 1.98. The normalized spacial score (nSPS) is 20.7. The van der Waals surface area contributed by atoms with Gasteiger partial charge in [0.15, 0.2) is 69.4 Å². The van der Waals surface area contributed by atoms with Gasteiger partial charge in [0.2, 0.25) is 28.7 Å². The van der Waals surface area contributed by atoms with Crippen molar-refractivity contribution in [3.63, 3.8) is 0 Å². The van der Waals surface area contributed by atoms with Crippen LogP contribution in [0.2, 0.25) is 0 Å². The topological polar surface area (TPSA) is 446 Å². The van der Waals surface area contributed by atoms with Gasteiger partial charge in [-0.1, -0.05) is 0 Å². The van der Waals surface area contributed by atoms with Crippen LogP contribution >= 0.6 is 0 Å². The fraction of sp³-hybridized carbons (Fsp3) is 0.167. The number of esters is 4. The highest BCUT2D eigenvalue weighted by atomic mass is 16.6. The van der Waals surface area contributed by atoms with Crippen LogP contribution < -0.4 is 0 Å². The summed E-state index contributed by atoms with van der Waals surface area (Å²) >= 11 is 0. The first-order valence-corrected chi connectivity index (χ1v) is 19.0. The van der Waals surface area contributed by atoms with Crippen molar-refractivity contribution in [2.45, 2.75) is 30.8 Å². The molecule has 4 heterocycles. The lowest BCUT2D eigenvalue weighted by molar-refractivity contribution is -0.121. The van der Waals surface area contributed by atoms with Gasteiger partial charge in [0.05, 0.1) is 16.7 Å². The number of hydrogen-bond acceptors (Lipinski definition) is 25. The van der Waals surface area contributed by atoms with Gasteiger partial charge in [0, 0.05) is 56.8 Å². The van der Waals surface area contributed by atoms with E-state index < -0.39 is 226 Å². The van der Waals surface area contributed by atoms with Crippen LogP contribution in [-0.2, 0) is 18.9 Å². The number of aromatic hydroxyl groups is 15. The molecule has 0 radical (unpaired) electrons. The van der Waals surface area contributed by atoms with Crippen LogP contribution in [0.4, 0.5) is 0 Å². The van der Waals surface area contributed by atoms with Crippen LogP contribution in [0.3, 0.4) is 0 Å². The molecule has 5 aromatic carbocycles. The highest BCUT2D eigenvalue weighted by molar-refractivity contribution is 6.17. The van der Waals surface area contributed by atoms with Crippen molar-refractivity contribution in [1.29, 1.82) is 0 Å². The minimum absolute atomic E-state index is 0.373. The van der Waals surface area contributed by atoms with E-state index in [4.69, 9.17) is 18.9 Å². The highest BCUT2D eigenvalue weighted by Crippen LogP contribution is 2.62. The lowest BCUT2D eigenvalue weighted by Crippen LogP contribution is -2.52. The molecule has 1 aliphatic carbocycles. The Balaban J connectivity index is 1.43. The van der Waals surface area contributed by atoms with Gasteiger partial charge in [0.25, 0.3) is 0 Å². The van der Waals surface area contributed by atoms with E-state index in [0.717, 1.165) is 0 Å². The van der Waals surface area contributed by atoms with Crippen molar-refractivity contribution < 1.29 is 125 Å². The summed E-state index contributed by atoms with van der Waals surface area (Å²) in [5, 5.41) is 177. The minimum Gasteiger partial charge on any atom is -0.504 e. The number of hydrogen-bond donors (Lipinski definition) is 16. The van der Waals surface area contributed by atoms with Crippen LogP contribution in [0.5, 0.6) is 86.2 Å². The molecule has 8 bridgehead atoms. The Bertz CT molecular complexity index is 3190. The maximum Gasteiger partial charge on any atom is 0.342 e. The molecule has 16 N–H and O–H groups in total. The third-order valence-electron chi connectivity index (χ3n) is 11.9. The van der Waals surface area contributed by atoms with Gasteiger partial charge >= 0.3 is 23.9 Å². The maximum absolute atomic E-state index is 15.2. The van der Waals surface area contributed by atoms with Gasteiger partial charge in [-0.2, -0.15) is 0 Å². The average molecular weight is 933 g/mol. The Morgan fingerprint density at radius 1 is 0.388 bits per heavy atom. The Morgan fingerprint density at radius 2 is 0.851 bits per heavy atom. The molecule has 67 heavy (non-hydrogen) atoms. The number of phenols is 15. The van der Waals surface area contributed by atoms with Gasteiger partial charge in [0.1, 0.15) is 30.5 Å². The molecule has 5 aliphatic rings. The molecule has 346 valence electrons. The zero-order valence-corrected chi connectivity index (χ0v) is 32.9. The van der Waals surface area contributed by atoms with E-state index in [1.54, 1.807) is 0 Å². The maximum atomic E-state index is 15.2. The number of carbonyl (C=O) groups excluding carboxylic acids is 5. The molecule has 25 nitrogen and oxygen atoms in total. The number of cyclic esters (lactones) is 1. The van der Waals surface area contributed by atoms with E-state index in [-0.39, 0.29) is 0 Å². The van der Waals surface area contributed by atoms with E-state index in [1.165, 1.54) is 0 Å². The van der Waals surface area contributed by atoms with Crippen molar-refractivity contribution in [3.8, 4) is 120 Å². The van der Waals surface area contributed by atoms with Crippen LogP contribution in [0, 0.1) is 5.92 Å². The molecule has 0 spiro atoms. The first-order valence-electron chi connectivity index (χ1n) is 19.0. The van der Waals surface area contributed by atoms with Gasteiger partial charge in [-0.3, -0.25) is 4.79 Å². The van der Waals surface area contributed by atoms with Crippen molar-refractivity contribution in [1.82, 2.24) is 0 Å². The summed E-state index contributed by atoms with van der Waals surface area (Å²) in [5.41, 5.74) is -13.6. The van der Waals surface area contributed by atoms with Crippen LogP contribution in [0.25, 0.3) is 33.4 Å². The minimum atomic E-state index is -2.57. The summed E-state index contributed by atoms with van der Waals surface area (Å²) in [6, 6.07) is 1.25. The smallest absolute Gasteiger partial charge is 0.342 e. The summed E-state index contributed by atoms with van der Waals surface area (Å²) in [6.07, 6.45) is -11.4. The SMILES string of the molecule is O=C1OC2COC(=O)c3cc(O)c(O)c(O)c3-c3c(cc(O)c(O)c3O)C(=O)OC2C2CC(=O)c3c(c(O)c(O)c(O)c3-c3c(O)c(O)c(O)c4c3C(=O)OC2[C@@H]4O)-c2cc1c(O)c(O)c2O. The lowest BCUT2D eigenvalue weighted by atomic mass is 9.74. The molecule has 25 heteroatoms. The number of aliphatic hydroxyl groups is 1. The zero-order chi connectivity index (χ0) is 48.7. The number of ether oxygens (including phenoxy) is 4. The van der Waals surface area contributed by atoms with E-state index in [1.807, 2.05) is 0 Å². The predicted molar refractivity (Wildman–Crippen MR) is 209 cm³/mol. The molecule has 0 saturated heterocycles. The van der Waals surface area contributed by atoms with Gasteiger partial charge in [-0.15, -0.1) is 0 Å². The van der Waals surface area contributed by atoms with E-state index in [2.05, 4.69) is 0 Å². The summed E-state index contributed by atoms with van der Waals surface area (Å²) in [7, 11) is 0. The summed E-state index contributed by atoms with van der Waals surface area (Å²) in [6.45, 7) is -1.43. The van der Waals surface area contributed by atoms with E-state index in [0.29, 0.717) is 18.2 Å². The standard InChI is InChI=1S/C42H28O25/c43-11-4-10-37-14(5-64-39(60)7-2-12(44)25(48)27(50)16(7)17-8(40(61)66-37)3-13(45)26(49)28(17)51)65-41(62)9-1-6(23(46)34(57)24(9)47)15-18(11)19(30(53)35(58)29(15)52)20-21-22(32(55)36(59)31(20)54)33(56)38(10)67-42(21)63/h1-3,10,14,33,37-38,44-59H,4-5H2/t10?,14?,33-,37?,38?/m1/s1. The average Bonchev–Trinajstić information content (AvgIpc) is 3.29. The molecule has 10 rings (SSSR count). The molecule has 4 aliphatic heterocycles. The van der Waals surface area contributed by atoms with Crippen molar-refractivity contribution >= 4 is 29.7 Å². The number of ketones is 1. The largest absolute Gasteiger partial charge is 0.504 e. The summed E-state index contributed by atoms with van der Waals surface area (Å²) in [4.78, 5) is 72.4. The molecule has 0 amide bonds. The molecule has 5 atom stereocenters. The molecule has 0 fully saturated rings. The molecule has 5 aromatic rings. The molecular formula is C42H28O25. The zero-order valence-electron chi connectivity index (χ0n) is 32.9. The van der Waals surface area contributed by atoms with Gasteiger partial charge in [-0.25, -0.2) is 19.2 Å². The third-order valence-corrected chi connectivity index (χ3v) is 11.9. The molecule has 0 aromatic heterocycles. The monoisotopic (exact) mass is 932 g/mol. The van der Waals surface area contributed by atoms with Crippen LogP contribution in [0.15, 0.2) is 18.2 Å². The number of benzene rings is 5. The van der Waals surface area contributed by atoms with Crippen molar-refractivity contribution in [3.05, 3.63) is 51.6 Å². The van der Waals surface area contributed by atoms with E-state index >= 15 is 4.79 Å². The summed E-state index contributed by atoms with van der Waals surface area (Å²) in [5.74, 6) is -33.1. The van der Waals surface area contributed by atoms with Gasteiger partial charge in [-0.05, 0) is 18.2 Å². The Labute approximate surface area is 368 Å². The fourth-order valence-corrected chi connectivity index (χ4v) is 8.81. The first kappa shape index (κ1) is 42.9. The first-order chi connectivity index (χ1) is 31.5. The Kier molecular flexibility index (Phi) is 9.16. The summed E-state index contributed by atoms with van der Waals surface area (Å²) < 4.78 is 22.4. The highest BCUT2D eigenvalue weighted by Gasteiger charge is 2.54. The number of aliphatic hydroxyl groups excluding tert-OH is 1. The van der Waals surface area contributed by atoms with Crippen molar-refractivity contribution in [2.24, 2.45) is 5.92 Å². The van der Waals surface area contributed by atoms with E-state index in [9.17, 15) is 101 Å². The third kappa shape index (κ3) is 5.73. The second-order valence-corrected chi connectivity index (χ2v) is 15.4.